The van der Waals surface area contributed by atoms with Gasteiger partial charge in [-0.1, -0.05) is 0 Å². The molecule has 1 heterocycles. The molecule has 1 aromatic heterocycles. The van der Waals surface area contributed by atoms with Crippen LogP contribution in [0.5, 0.6) is 0 Å². The van der Waals surface area contributed by atoms with Crippen LogP contribution < -0.4 is 0 Å². The Labute approximate surface area is 76.2 Å². The lowest BCUT2D eigenvalue weighted by Gasteiger charge is -2.00. The van der Waals surface area contributed by atoms with E-state index < -0.39 is 5.97 Å². The molecule has 0 saturated carbocycles. The molecule has 0 fully saturated rings. The van der Waals surface area contributed by atoms with Crippen molar-refractivity contribution < 1.29 is 14.6 Å². The van der Waals surface area contributed by atoms with E-state index in [-0.39, 0.29) is 6.42 Å². The molecular formula is C9H11NO3. The summed E-state index contributed by atoms with van der Waals surface area (Å²) >= 11 is 0. The van der Waals surface area contributed by atoms with Crippen molar-refractivity contribution in [3.63, 3.8) is 0 Å². The van der Waals surface area contributed by atoms with Gasteiger partial charge in [0.05, 0.1) is 18.7 Å². The molecule has 0 aliphatic rings. The van der Waals surface area contributed by atoms with E-state index in [0.717, 1.165) is 11.3 Å². The van der Waals surface area contributed by atoms with Crippen molar-refractivity contribution in [1.29, 1.82) is 0 Å². The largest absolute Gasteiger partial charge is 0.481 e. The summed E-state index contributed by atoms with van der Waals surface area (Å²) in [5.74, 6) is -0.838. The van der Waals surface area contributed by atoms with E-state index in [1.807, 2.05) is 0 Å². The Hall–Kier alpha value is -1.42. The van der Waals surface area contributed by atoms with Gasteiger partial charge in [0.25, 0.3) is 0 Å². The van der Waals surface area contributed by atoms with E-state index in [9.17, 15) is 4.79 Å². The zero-order valence-corrected chi connectivity index (χ0v) is 7.36. The minimum atomic E-state index is -0.838. The van der Waals surface area contributed by atoms with Crippen LogP contribution in [0.25, 0.3) is 0 Å². The fourth-order valence-corrected chi connectivity index (χ4v) is 1.04. The monoisotopic (exact) mass is 181 g/mol. The SMILES string of the molecule is COCc1cc(CC(=O)O)ccn1. The summed E-state index contributed by atoms with van der Waals surface area (Å²) in [6, 6.07) is 3.42. The van der Waals surface area contributed by atoms with Crippen LogP contribution in [0.4, 0.5) is 0 Å². The molecule has 1 rings (SSSR count). The molecule has 0 aliphatic carbocycles. The molecule has 0 amide bonds. The number of methoxy groups -OCH3 is 1. The Kier molecular flexibility index (Phi) is 3.40. The van der Waals surface area contributed by atoms with Crippen LogP contribution in [0.2, 0.25) is 0 Å². The average molecular weight is 181 g/mol. The quantitative estimate of drug-likeness (QED) is 0.748. The van der Waals surface area contributed by atoms with E-state index in [2.05, 4.69) is 4.98 Å². The maximum Gasteiger partial charge on any atom is 0.307 e. The number of carboxylic acid groups (broad SMARTS) is 1. The first kappa shape index (κ1) is 9.67. The Bertz CT molecular complexity index is 299. The van der Waals surface area contributed by atoms with Crippen LogP contribution in [0, 0.1) is 0 Å². The predicted octanol–water partition coefficient (Wildman–Crippen LogP) is 0.855. The molecule has 4 nitrogen and oxygen atoms in total. The molecule has 0 radical (unpaired) electrons. The number of carbonyl (C=O) groups is 1. The van der Waals surface area contributed by atoms with Crippen molar-refractivity contribution in [2.45, 2.75) is 13.0 Å². The number of aromatic nitrogens is 1. The second-order valence-electron chi connectivity index (χ2n) is 2.66. The van der Waals surface area contributed by atoms with Crippen LogP contribution in [0.1, 0.15) is 11.3 Å². The molecule has 0 bridgehead atoms. The smallest absolute Gasteiger partial charge is 0.307 e. The molecule has 0 spiro atoms. The van der Waals surface area contributed by atoms with Gasteiger partial charge >= 0.3 is 5.97 Å². The molecule has 0 atom stereocenters. The number of aliphatic carboxylic acids is 1. The number of carboxylic acids is 1. The third-order valence-corrected chi connectivity index (χ3v) is 1.53. The number of rotatable bonds is 4. The summed E-state index contributed by atoms with van der Waals surface area (Å²) < 4.78 is 4.88. The molecule has 4 heteroatoms. The second kappa shape index (κ2) is 4.57. The van der Waals surface area contributed by atoms with Crippen molar-refractivity contribution >= 4 is 5.97 Å². The normalized spacial score (nSPS) is 9.92. The topological polar surface area (TPSA) is 59.4 Å². The molecule has 1 aromatic rings. The van der Waals surface area contributed by atoms with E-state index >= 15 is 0 Å². The molecule has 0 saturated heterocycles. The van der Waals surface area contributed by atoms with Crippen molar-refractivity contribution in [1.82, 2.24) is 4.98 Å². The van der Waals surface area contributed by atoms with Crippen LogP contribution in [-0.2, 0) is 22.6 Å². The van der Waals surface area contributed by atoms with Crippen molar-refractivity contribution in [2.24, 2.45) is 0 Å². The highest BCUT2D eigenvalue weighted by molar-refractivity contribution is 5.70. The number of ether oxygens (including phenoxy) is 1. The number of pyridine rings is 1. The molecule has 0 aromatic carbocycles. The maximum absolute atomic E-state index is 10.4. The first-order valence-electron chi connectivity index (χ1n) is 3.87. The lowest BCUT2D eigenvalue weighted by Crippen LogP contribution is -2.01. The number of hydrogen-bond donors (Lipinski definition) is 1. The van der Waals surface area contributed by atoms with E-state index in [1.54, 1.807) is 25.4 Å². The van der Waals surface area contributed by atoms with Crippen LogP contribution >= 0.6 is 0 Å². The Balaban J connectivity index is 2.73. The first-order chi connectivity index (χ1) is 6.22. The summed E-state index contributed by atoms with van der Waals surface area (Å²) in [6.45, 7) is 0.410. The summed E-state index contributed by atoms with van der Waals surface area (Å²) in [5, 5.41) is 8.54. The standard InChI is InChI=1S/C9H11NO3/c1-13-6-8-4-7(2-3-10-8)5-9(11)12/h2-4H,5-6H2,1H3,(H,11,12). The highest BCUT2D eigenvalue weighted by Gasteiger charge is 2.01. The average Bonchev–Trinajstić information content (AvgIpc) is 2.04. The Morgan fingerprint density at radius 2 is 2.46 bits per heavy atom. The van der Waals surface area contributed by atoms with Crippen molar-refractivity contribution in [3.05, 3.63) is 29.6 Å². The Morgan fingerprint density at radius 1 is 1.69 bits per heavy atom. The third-order valence-electron chi connectivity index (χ3n) is 1.53. The molecular weight excluding hydrogens is 170 g/mol. The van der Waals surface area contributed by atoms with Gasteiger partial charge < -0.3 is 9.84 Å². The van der Waals surface area contributed by atoms with Crippen LogP contribution in [0.3, 0.4) is 0 Å². The third kappa shape index (κ3) is 3.21. The van der Waals surface area contributed by atoms with Crippen LogP contribution in [0.15, 0.2) is 18.3 Å². The van der Waals surface area contributed by atoms with Gasteiger partial charge in [0.2, 0.25) is 0 Å². The molecule has 1 N–H and O–H groups in total. The van der Waals surface area contributed by atoms with Crippen molar-refractivity contribution in [3.8, 4) is 0 Å². The van der Waals surface area contributed by atoms with E-state index in [1.165, 1.54) is 0 Å². The highest BCUT2D eigenvalue weighted by Crippen LogP contribution is 2.03. The van der Waals surface area contributed by atoms with Gasteiger partial charge in [-0.25, -0.2) is 0 Å². The van der Waals surface area contributed by atoms with Gasteiger partial charge in [0.1, 0.15) is 0 Å². The fourth-order valence-electron chi connectivity index (χ4n) is 1.04. The van der Waals surface area contributed by atoms with E-state index in [0.29, 0.717) is 6.61 Å². The summed E-state index contributed by atoms with van der Waals surface area (Å²) in [4.78, 5) is 14.4. The van der Waals surface area contributed by atoms with E-state index in [4.69, 9.17) is 9.84 Å². The lowest BCUT2D eigenvalue weighted by atomic mass is 10.2. The van der Waals surface area contributed by atoms with Gasteiger partial charge in [-0.3, -0.25) is 9.78 Å². The number of nitrogens with zero attached hydrogens (tertiary/aromatic N) is 1. The zero-order valence-electron chi connectivity index (χ0n) is 7.36. The number of hydrogen-bond acceptors (Lipinski definition) is 3. The first-order valence-corrected chi connectivity index (χ1v) is 3.87. The van der Waals surface area contributed by atoms with Gasteiger partial charge in [0, 0.05) is 13.3 Å². The summed E-state index contributed by atoms with van der Waals surface area (Å²) in [7, 11) is 1.57. The van der Waals surface area contributed by atoms with Gasteiger partial charge in [-0.2, -0.15) is 0 Å². The lowest BCUT2D eigenvalue weighted by molar-refractivity contribution is -0.136. The van der Waals surface area contributed by atoms with Gasteiger partial charge in [0.15, 0.2) is 0 Å². The Morgan fingerprint density at radius 3 is 3.08 bits per heavy atom. The minimum Gasteiger partial charge on any atom is -0.481 e. The van der Waals surface area contributed by atoms with Crippen molar-refractivity contribution in [2.75, 3.05) is 7.11 Å². The van der Waals surface area contributed by atoms with Gasteiger partial charge in [-0.15, -0.1) is 0 Å². The highest BCUT2D eigenvalue weighted by atomic mass is 16.5. The minimum absolute atomic E-state index is 0.0270. The van der Waals surface area contributed by atoms with Gasteiger partial charge in [-0.05, 0) is 17.7 Å². The fraction of sp³-hybridized carbons (Fsp3) is 0.333. The zero-order chi connectivity index (χ0) is 9.68. The maximum atomic E-state index is 10.4. The predicted molar refractivity (Wildman–Crippen MR) is 46.3 cm³/mol. The van der Waals surface area contributed by atoms with Crippen LogP contribution in [-0.4, -0.2) is 23.2 Å². The summed E-state index contributed by atoms with van der Waals surface area (Å²) in [5.41, 5.74) is 1.50. The molecule has 0 unspecified atom stereocenters. The summed E-state index contributed by atoms with van der Waals surface area (Å²) in [6.07, 6.45) is 1.62. The molecule has 70 valence electrons. The molecule has 0 aliphatic heterocycles. The molecule has 13 heavy (non-hydrogen) atoms. The second-order valence-corrected chi connectivity index (χ2v) is 2.66.